The van der Waals surface area contributed by atoms with E-state index in [9.17, 15) is 9.18 Å². The van der Waals surface area contributed by atoms with Gasteiger partial charge >= 0.3 is 0 Å². The lowest BCUT2D eigenvalue weighted by molar-refractivity contribution is 0.0746. The van der Waals surface area contributed by atoms with Crippen LogP contribution in [0.3, 0.4) is 0 Å². The zero-order valence-electron chi connectivity index (χ0n) is 22.0. The number of amides is 1. The zero-order valence-corrected chi connectivity index (χ0v) is 22.8. The predicted molar refractivity (Wildman–Crippen MR) is 152 cm³/mol. The van der Waals surface area contributed by atoms with Gasteiger partial charge in [-0.05, 0) is 29.3 Å². The van der Waals surface area contributed by atoms with Crippen LogP contribution in [0.2, 0.25) is 0 Å². The third-order valence-corrected chi connectivity index (χ3v) is 7.90. The average Bonchev–Trinajstić information content (AvgIpc) is 3.36. The number of hydrogen-bond acceptors (Lipinski definition) is 6. The van der Waals surface area contributed by atoms with Crippen LogP contribution in [-0.4, -0.2) is 65.5 Å². The summed E-state index contributed by atoms with van der Waals surface area (Å²) in [4.78, 5) is 17.4. The van der Waals surface area contributed by atoms with Gasteiger partial charge in [0.05, 0.1) is 12.3 Å². The lowest BCUT2D eigenvalue weighted by atomic mass is 10.1. The maximum Gasteiger partial charge on any atom is 0.254 e. The molecule has 3 aromatic carbocycles. The van der Waals surface area contributed by atoms with Crippen molar-refractivity contribution in [1.82, 2.24) is 19.7 Å². The predicted octanol–water partition coefficient (Wildman–Crippen LogP) is 4.91. The summed E-state index contributed by atoms with van der Waals surface area (Å²) in [5.41, 5.74) is 3.41. The van der Waals surface area contributed by atoms with E-state index in [1.807, 2.05) is 58.3 Å². The molecule has 0 bridgehead atoms. The average molecular weight is 546 g/mol. The molecule has 4 aromatic rings. The normalized spacial score (nSPS) is 13.6. The number of thioether (sulfide) groups is 1. The topological polar surface area (TPSA) is 63.5 Å². The van der Waals surface area contributed by atoms with Gasteiger partial charge in [0.15, 0.2) is 5.16 Å². The van der Waals surface area contributed by atoms with Crippen LogP contribution in [0.1, 0.15) is 27.3 Å². The highest BCUT2D eigenvalue weighted by molar-refractivity contribution is 7.98. The van der Waals surface area contributed by atoms with Crippen molar-refractivity contribution < 1.29 is 13.9 Å². The van der Waals surface area contributed by atoms with Crippen LogP contribution >= 0.6 is 11.8 Å². The van der Waals surface area contributed by atoms with E-state index in [1.54, 1.807) is 31.0 Å². The molecular formula is C30H32FN5O2S. The highest BCUT2D eigenvalue weighted by Crippen LogP contribution is 2.26. The van der Waals surface area contributed by atoms with Gasteiger partial charge in [0.2, 0.25) is 0 Å². The molecule has 0 unspecified atom stereocenters. The number of aromatic nitrogens is 3. The van der Waals surface area contributed by atoms with Gasteiger partial charge in [0, 0.05) is 57.6 Å². The molecule has 7 nitrogen and oxygen atoms in total. The van der Waals surface area contributed by atoms with Crippen molar-refractivity contribution in [2.45, 2.75) is 23.9 Å². The SMILES string of the molecule is COCCn1c(Cc2ccccc2)nnc1SCc1ccccc1C(=O)N1CCN(c2ccccc2F)CC1. The molecule has 0 N–H and O–H groups in total. The number of methoxy groups -OCH3 is 1. The number of hydrogen-bond donors (Lipinski definition) is 0. The molecule has 1 saturated heterocycles. The van der Waals surface area contributed by atoms with E-state index in [1.165, 1.54) is 11.6 Å². The maximum absolute atomic E-state index is 14.2. The first-order chi connectivity index (χ1) is 19.1. The Kier molecular flexibility index (Phi) is 8.90. The molecule has 5 rings (SSSR count). The number of halogens is 1. The van der Waals surface area contributed by atoms with Crippen LogP contribution in [0.5, 0.6) is 0 Å². The largest absolute Gasteiger partial charge is 0.383 e. The van der Waals surface area contributed by atoms with Crippen molar-refractivity contribution in [1.29, 1.82) is 0 Å². The molecule has 1 aliphatic heterocycles. The maximum atomic E-state index is 14.2. The number of carbonyl (C=O) groups excluding carboxylic acids is 1. The molecule has 1 aliphatic rings. The standard InChI is InChI=1S/C30H32FN5O2S/c1-38-20-19-36-28(21-23-9-3-2-4-10-23)32-33-30(36)39-22-24-11-5-6-12-25(24)29(37)35-17-15-34(16-18-35)27-14-8-7-13-26(27)31/h2-14H,15-22H2,1H3. The van der Waals surface area contributed by atoms with Gasteiger partial charge in [-0.2, -0.15) is 0 Å². The first-order valence-electron chi connectivity index (χ1n) is 13.1. The number of anilines is 1. The van der Waals surface area contributed by atoms with Gasteiger partial charge in [-0.3, -0.25) is 4.79 Å². The summed E-state index contributed by atoms with van der Waals surface area (Å²) in [6.45, 7) is 3.49. The van der Waals surface area contributed by atoms with E-state index in [-0.39, 0.29) is 11.7 Å². The summed E-state index contributed by atoms with van der Waals surface area (Å²) in [6, 6.07) is 24.7. The van der Waals surface area contributed by atoms with Crippen molar-refractivity contribution in [2.75, 3.05) is 44.8 Å². The van der Waals surface area contributed by atoms with Gasteiger partial charge in [-0.15, -0.1) is 10.2 Å². The fourth-order valence-electron chi connectivity index (χ4n) is 4.77. The third kappa shape index (κ3) is 6.49. The number of para-hydroxylation sites is 1. The van der Waals surface area contributed by atoms with Crippen LogP contribution in [0.15, 0.2) is 84.0 Å². The van der Waals surface area contributed by atoms with Crippen LogP contribution in [0, 0.1) is 5.82 Å². The minimum absolute atomic E-state index is 0.00463. The van der Waals surface area contributed by atoms with E-state index in [2.05, 4.69) is 26.9 Å². The summed E-state index contributed by atoms with van der Waals surface area (Å²) in [6.07, 6.45) is 0.687. The zero-order chi connectivity index (χ0) is 27.0. The van der Waals surface area contributed by atoms with E-state index < -0.39 is 0 Å². The Morgan fingerprint density at radius 1 is 0.923 bits per heavy atom. The third-order valence-electron chi connectivity index (χ3n) is 6.88. The lowest BCUT2D eigenvalue weighted by Crippen LogP contribution is -2.49. The molecule has 1 fully saturated rings. The molecule has 2 heterocycles. The van der Waals surface area contributed by atoms with Crippen LogP contribution in [0.4, 0.5) is 10.1 Å². The number of benzene rings is 3. The number of carbonyl (C=O) groups is 1. The molecule has 39 heavy (non-hydrogen) atoms. The molecule has 0 spiro atoms. The van der Waals surface area contributed by atoms with E-state index in [4.69, 9.17) is 4.74 Å². The second-order valence-electron chi connectivity index (χ2n) is 9.38. The fraction of sp³-hybridized carbons (Fsp3) is 0.300. The van der Waals surface area contributed by atoms with Gasteiger partial charge in [0.25, 0.3) is 5.91 Å². The monoisotopic (exact) mass is 545 g/mol. The van der Waals surface area contributed by atoms with E-state index >= 15 is 0 Å². The Hall–Kier alpha value is -3.69. The first-order valence-corrected chi connectivity index (χ1v) is 14.1. The van der Waals surface area contributed by atoms with Gasteiger partial charge in [0.1, 0.15) is 11.6 Å². The second kappa shape index (κ2) is 12.9. The van der Waals surface area contributed by atoms with Gasteiger partial charge in [-0.25, -0.2) is 4.39 Å². The molecule has 1 aromatic heterocycles. The summed E-state index contributed by atoms with van der Waals surface area (Å²) in [7, 11) is 1.69. The molecule has 202 valence electrons. The van der Waals surface area contributed by atoms with Crippen molar-refractivity contribution in [3.05, 3.63) is 107 Å². The van der Waals surface area contributed by atoms with Crippen molar-refractivity contribution in [2.24, 2.45) is 0 Å². The molecule has 0 saturated carbocycles. The molecule has 0 aliphatic carbocycles. The Morgan fingerprint density at radius 2 is 1.64 bits per heavy atom. The number of ether oxygens (including phenoxy) is 1. The van der Waals surface area contributed by atoms with Crippen molar-refractivity contribution in [3.63, 3.8) is 0 Å². The Balaban J connectivity index is 1.26. The first kappa shape index (κ1) is 26.9. The quantitative estimate of drug-likeness (QED) is 0.264. The highest BCUT2D eigenvalue weighted by atomic mass is 32.2. The van der Waals surface area contributed by atoms with Gasteiger partial charge < -0.3 is 19.1 Å². The smallest absolute Gasteiger partial charge is 0.254 e. The summed E-state index contributed by atoms with van der Waals surface area (Å²) < 4.78 is 21.7. The van der Waals surface area contributed by atoms with E-state index in [0.29, 0.717) is 62.8 Å². The van der Waals surface area contributed by atoms with E-state index in [0.717, 1.165) is 16.5 Å². The van der Waals surface area contributed by atoms with Crippen LogP contribution < -0.4 is 4.90 Å². The van der Waals surface area contributed by atoms with Gasteiger partial charge in [-0.1, -0.05) is 72.4 Å². The molecule has 0 radical (unpaired) electrons. The van der Waals surface area contributed by atoms with Crippen molar-refractivity contribution in [3.8, 4) is 0 Å². The van der Waals surface area contributed by atoms with Crippen LogP contribution in [-0.2, 0) is 23.5 Å². The summed E-state index contributed by atoms with van der Waals surface area (Å²) in [5, 5.41) is 9.76. The minimum atomic E-state index is -0.232. The number of piperazine rings is 1. The van der Waals surface area contributed by atoms with Crippen molar-refractivity contribution >= 4 is 23.4 Å². The summed E-state index contributed by atoms with van der Waals surface area (Å²) in [5.74, 6) is 1.25. The molecule has 1 amide bonds. The molecule has 9 heteroatoms. The molecule has 0 atom stereocenters. The Bertz CT molecular complexity index is 1390. The highest BCUT2D eigenvalue weighted by Gasteiger charge is 2.25. The lowest BCUT2D eigenvalue weighted by Gasteiger charge is -2.36. The fourth-order valence-corrected chi connectivity index (χ4v) is 5.76. The number of rotatable bonds is 10. The molecular weight excluding hydrogens is 513 g/mol. The second-order valence-corrected chi connectivity index (χ2v) is 10.3. The minimum Gasteiger partial charge on any atom is -0.383 e. The Morgan fingerprint density at radius 3 is 2.41 bits per heavy atom. The number of nitrogens with zero attached hydrogens (tertiary/aromatic N) is 5. The summed E-state index contributed by atoms with van der Waals surface area (Å²) >= 11 is 1.57. The van der Waals surface area contributed by atoms with Crippen LogP contribution in [0.25, 0.3) is 0 Å². The Labute approximate surface area is 232 Å².